The maximum Gasteiger partial charge on any atom is 0.330 e. The predicted octanol–water partition coefficient (Wildman–Crippen LogP) is 4.13. The zero-order valence-electron chi connectivity index (χ0n) is 10.7. The lowest BCUT2D eigenvalue weighted by Crippen LogP contribution is -2.20. The Labute approximate surface area is 124 Å². The standard InChI is InChI=1S/C15H13BrFNO2/c1-9-2-3-10(8-13(9)17)14(15(19)20)18-12-6-4-11(16)5-7-12/h2-8,14,18H,1H3,(H,19,20). The van der Waals surface area contributed by atoms with Gasteiger partial charge in [-0.25, -0.2) is 9.18 Å². The number of rotatable bonds is 4. The van der Waals surface area contributed by atoms with Gasteiger partial charge < -0.3 is 10.4 Å². The molecule has 5 heteroatoms. The van der Waals surface area contributed by atoms with Gasteiger partial charge in [0.25, 0.3) is 0 Å². The Morgan fingerprint density at radius 3 is 2.45 bits per heavy atom. The molecular weight excluding hydrogens is 325 g/mol. The smallest absolute Gasteiger partial charge is 0.330 e. The molecule has 0 aliphatic rings. The third-order valence-electron chi connectivity index (χ3n) is 2.93. The molecule has 3 nitrogen and oxygen atoms in total. The van der Waals surface area contributed by atoms with E-state index in [2.05, 4.69) is 21.2 Å². The average Bonchev–Trinajstić information content (AvgIpc) is 2.41. The van der Waals surface area contributed by atoms with Gasteiger partial charge in [0.05, 0.1) is 0 Å². The highest BCUT2D eigenvalue weighted by Crippen LogP contribution is 2.23. The molecule has 1 unspecified atom stereocenters. The van der Waals surface area contributed by atoms with E-state index < -0.39 is 17.8 Å². The van der Waals surface area contributed by atoms with Crippen molar-refractivity contribution in [2.45, 2.75) is 13.0 Å². The van der Waals surface area contributed by atoms with Crippen molar-refractivity contribution in [3.05, 3.63) is 63.9 Å². The summed E-state index contributed by atoms with van der Waals surface area (Å²) in [4.78, 5) is 11.4. The molecule has 0 aliphatic carbocycles. The SMILES string of the molecule is Cc1ccc(C(Nc2ccc(Br)cc2)C(=O)O)cc1F. The number of benzene rings is 2. The van der Waals surface area contributed by atoms with Gasteiger partial charge in [-0.15, -0.1) is 0 Å². The molecule has 104 valence electrons. The quantitative estimate of drug-likeness (QED) is 0.881. The molecule has 2 N–H and O–H groups in total. The van der Waals surface area contributed by atoms with Crippen molar-refractivity contribution < 1.29 is 14.3 Å². The predicted molar refractivity (Wildman–Crippen MR) is 79.3 cm³/mol. The number of hydrogen-bond donors (Lipinski definition) is 2. The highest BCUT2D eigenvalue weighted by Gasteiger charge is 2.20. The van der Waals surface area contributed by atoms with Crippen LogP contribution in [-0.4, -0.2) is 11.1 Å². The van der Waals surface area contributed by atoms with Crippen LogP contribution in [0.1, 0.15) is 17.2 Å². The minimum atomic E-state index is -1.06. The molecular formula is C15H13BrFNO2. The number of aliphatic carboxylic acids is 1. The molecule has 0 spiro atoms. The molecule has 0 aromatic heterocycles. The van der Waals surface area contributed by atoms with Crippen LogP contribution < -0.4 is 5.32 Å². The molecule has 0 aliphatic heterocycles. The van der Waals surface area contributed by atoms with Crippen molar-refractivity contribution in [2.75, 3.05) is 5.32 Å². The van der Waals surface area contributed by atoms with Gasteiger partial charge >= 0.3 is 5.97 Å². The van der Waals surface area contributed by atoms with Gasteiger partial charge in [-0.3, -0.25) is 0 Å². The van der Waals surface area contributed by atoms with E-state index >= 15 is 0 Å². The number of carboxylic acids is 1. The van der Waals surface area contributed by atoms with Crippen molar-refractivity contribution in [1.82, 2.24) is 0 Å². The Balaban J connectivity index is 2.29. The summed E-state index contributed by atoms with van der Waals surface area (Å²) in [5, 5.41) is 12.2. The molecule has 2 rings (SSSR count). The summed E-state index contributed by atoms with van der Waals surface area (Å²) in [6, 6.07) is 10.6. The van der Waals surface area contributed by atoms with E-state index in [0.29, 0.717) is 16.8 Å². The average molecular weight is 338 g/mol. The number of hydrogen-bond acceptors (Lipinski definition) is 2. The number of aryl methyl sites for hydroxylation is 1. The van der Waals surface area contributed by atoms with Gasteiger partial charge in [0.2, 0.25) is 0 Å². The Morgan fingerprint density at radius 1 is 1.25 bits per heavy atom. The second-order valence-electron chi connectivity index (χ2n) is 4.43. The topological polar surface area (TPSA) is 49.3 Å². The molecule has 1 atom stereocenters. The number of halogens is 2. The first-order chi connectivity index (χ1) is 9.47. The summed E-state index contributed by atoms with van der Waals surface area (Å²) in [6.45, 7) is 1.64. The van der Waals surface area contributed by atoms with Crippen LogP contribution in [-0.2, 0) is 4.79 Å². The third kappa shape index (κ3) is 3.36. The lowest BCUT2D eigenvalue weighted by molar-refractivity contribution is -0.138. The fourth-order valence-electron chi connectivity index (χ4n) is 1.79. The normalized spacial score (nSPS) is 11.9. The van der Waals surface area contributed by atoms with E-state index in [4.69, 9.17) is 0 Å². The summed E-state index contributed by atoms with van der Waals surface area (Å²) in [7, 11) is 0. The van der Waals surface area contributed by atoms with Crippen LogP contribution in [0.4, 0.5) is 10.1 Å². The molecule has 0 radical (unpaired) electrons. The van der Waals surface area contributed by atoms with Crippen LogP contribution in [0.15, 0.2) is 46.9 Å². The molecule has 0 heterocycles. The lowest BCUT2D eigenvalue weighted by Gasteiger charge is -2.16. The lowest BCUT2D eigenvalue weighted by atomic mass is 10.0. The fourth-order valence-corrected chi connectivity index (χ4v) is 2.05. The van der Waals surface area contributed by atoms with Crippen molar-refractivity contribution in [1.29, 1.82) is 0 Å². The van der Waals surface area contributed by atoms with E-state index in [0.717, 1.165) is 4.47 Å². The van der Waals surface area contributed by atoms with Gasteiger partial charge in [-0.1, -0.05) is 28.1 Å². The molecule has 0 amide bonds. The third-order valence-corrected chi connectivity index (χ3v) is 3.46. The zero-order chi connectivity index (χ0) is 14.7. The minimum absolute atomic E-state index is 0.378. The van der Waals surface area contributed by atoms with E-state index in [1.54, 1.807) is 43.3 Å². The van der Waals surface area contributed by atoms with Crippen molar-refractivity contribution in [2.24, 2.45) is 0 Å². The number of anilines is 1. The molecule has 0 saturated heterocycles. The maximum atomic E-state index is 13.6. The molecule has 2 aromatic rings. The monoisotopic (exact) mass is 337 g/mol. The fraction of sp³-hybridized carbons (Fsp3) is 0.133. The van der Waals surface area contributed by atoms with Crippen LogP contribution >= 0.6 is 15.9 Å². The van der Waals surface area contributed by atoms with E-state index in [1.807, 2.05) is 0 Å². The first-order valence-corrected chi connectivity index (χ1v) is 6.77. The van der Waals surface area contributed by atoms with Gasteiger partial charge in [0.15, 0.2) is 6.04 Å². The Morgan fingerprint density at radius 2 is 1.90 bits per heavy atom. The summed E-state index contributed by atoms with van der Waals surface area (Å²) in [5.41, 5.74) is 1.52. The Kier molecular flexibility index (Phi) is 4.39. The van der Waals surface area contributed by atoms with Gasteiger partial charge in [-0.05, 0) is 48.4 Å². The number of nitrogens with one attached hydrogen (secondary N) is 1. The number of carboxylic acid groups (broad SMARTS) is 1. The van der Waals surface area contributed by atoms with Crippen LogP contribution in [0.5, 0.6) is 0 Å². The van der Waals surface area contributed by atoms with Crippen LogP contribution in [0, 0.1) is 12.7 Å². The largest absolute Gasteiger partial charge is 0.479 e. The molecule has 20 heavy (non-hydrogen) atoms. The number of carbonyl (C=O) groups is 1. The van der Waals surface area contributed by atoms with Gasteiger partial charge in [0, 0.05) is 10.2 Å². The van der Waals surface area contributed by atoms with Crippen molar-refractivity contribution in [3.8, 4) is 0 Å². The summed E-state index contributed by atoms with van der Waals surface area (Å²) in [6.07, 6.45) is 0. The second-order valence-corrected chi connectivity index (χ2v) is 5.35. The Hall–Kier alpha value is -1.88. The zero-order valence-corrected chi connectivity index (χ0v) is 12.3. The van der Waals surface area contributed by atoms with Crippen LogP contribution in [0.25, 0.3) is 0 Å². The molecule has 0 saturated carbocycles. The highest BCUT2D eigenvalue weighted by atomic mass is 79.9. The maximum absolute atomic E-state index is 13.6. The molecule has 0 bridgehead atoms. The van der Waals surface area contributed by atoms with E-state index in [-0.39, 0.29) is 0 Å². The second kappa shape index (κ2) is 6.05. The molecule has 0 fully saturated rings. The minimum Gasteiger partial charge on any atom is -0.479 e. The van der Waals surface area contributed by atoms with E-state index in [9.17, 15) is 14.3 Å². The van der Waals surface area contributed by atoms with Crippen LogP contribution in [0.2, 0.25) is 0 Å². The molecule has 2 aromatic carbocycles. The summed E-state index contributed by atoms with van der Waals surface area (Å²) in [5.74, 6) is -1.47. The first kappa shape index (κ1) is 14.5. The highest BCUT2D eigenvalue weighted by molar-refractivity contribution is 9.10. The van der Waals surface area contributed by atoms with Gasteiger partial charge in [-0.2, -0.15) is 0 Å². The first-order valence-electron chi connectivity index (χ1n) is 5.98. The summed E-state index contributed by atoms with van der Waals surface area (Å²) < 4.78 is 14.5. The van der Waals surface area contributed by atoms with Crippen LogP contribution in [0.3, 0.4) is 0 Å². The van der Waals surface area contributed by atoms with Crippen molar-refractivity contribution >= 4 is 27.6 Å². The van der Waals surface area contributed by atoms with E-state index in [1.165, 1.54) is 6.07 Å². The summed E-state index contributed by atoms with van der Waals surface area (Å²) >= 11 is 3.31. The van der Waals surface area contributed by atoms with Crippen molar-refractivity contribution in [3.63, 3.8) is 0 Å². The Bertz CT molecular complexity index is 628. The van der Waals surface area contributed by atoms with Gasteiger partial charge in [0.1, 0.15) is 5.82 Å².